The number of carbonyl (C=O) groups is 4. The Balaban J connectivity index is 1.56. The molecule has 5 atom stereocenters. The zero-order valence-electron chi connectivity index (χ0n) is 20.3. The minimum Gasteiger partial charge on any atom is -0.457 e. The molecular weight excluding hydrogens is 502 g/mol. The summed E-state index contributed by atoms with van der Waals surface area (Å²) in [5, 5.41) is 21.8. The van der Waals surface area contributed by atoms with E-state index in [4.69, 9.17) is 9.47 Å². The zero-order chi connectivity index (χ0) is 27.7. The van der Waals surface area contributed by atoms with Gasteiger partial charge in [-0.15, -0.1) is 0 Å². The fraction of sp³-hybridized carbons (Fsp3) is 0.360. The number of fused-ring (bicyclic) bond motifs is 2. The second-order valence-corrected chi connectivity index (χ2v) is 9.18. The maximum absolute atomic E-state index is 12.9. The number of amides is 1. The number of likely N-dealkylation sites (tertiary alicyclic amines) is 1. The SMILES string of the molecule is CC(=O)N1C2CC(=O)CC(C2OC(=O)c2ccc([N+](=O)[O-])cc2)[C@@H]1[C@H](C)OC(=O)c1ccc([N+](=O)[O-])cc1. The average molecular weight is 525 g/mol. The summed E-state index contributed by atoms with van der Waals surface area (Å²) in [5.41, 5.74) is -0.264. The van der Waals surface area contributed by atoms with Crippen LogP contribution in [0.5, 0.6) is 0 Å². The first-order chi connectivity index (χ1) is 18.0. The number of rotatable bonds is 7. The number of nitrogens with zero attached hydrogens (tertiary/aromatic N) is 3. The third-order valence-corrected chi connectivity index (χ3v) is 6.83. The molecule has 0 N–H and O–H groups in total. The molecule has 3 unspecified atom stereocenters. The number of nitro benzene ring substituents is 2. The molecule has 1 heterocycles. The number of ketones is 1. The van der Waals surface area contributed by atoms with Gasteiger partial charge in [-0.1, -0.05) is 0 Å². The molecule has 1 amide bonds. The Morgan fingerprint density at radius 1 is 0.895 bits per heavy atom. The maximum Gasteiger partial charge on any atom is 0.338 e. The monoisotopic (exact) mass is 525 g/mol. The summed E-state index contributed by atoms with van der Waals surface area (Å²) < 4.78 is 11.3. The van der Waals surface area contributed by atoms with Crippen molar-refractivity contribution in [2.75, 3.05) is 0 Å². The van der Waals surface area contributed by atoms with Crippen molar-refractivity contribution in [2.24, 2.45) is 5.92 Å². The summed E-state index contributed by atoms with van der Waals surface area (Å²) in [6.45, 7) is 2.86. The summed E-state index contributed by atoms with van der Waals surface area (Å²) >= 11 is 0. The molecule has 0 aromatic heterocycles. The van der Waals surface area contributed by atoms with Crippen molar-refractivity contribution in [1.29, 1.82) is 0 Å². The molecule has 4 rings (SSSR count). The lowest BCUT2D eigenvalue weighted by molar-refractivity contribution is -0.385. The van der Waals surface area contributed by atoms with E-state index in [1.54, 1.807) is 6.92 Å². The number of hydrogen-bond acceptors (Lipinski definition) is 10. The van der Waals surface area contributed by atoms with Crippen LogP contribution >= 0.6 is 0 Å². The first-order valence-corrected chi connectivity index (χ1v) is 11.7. The van der Waals surface area contributed by atoms with Gasteiger partial charge in [0.15, 0.2) is 0 Å². The molecule has 198 valence electrons. The van der Waals surface area contributed by atoms with E-state index < -0.39 is 57.9 Å². The van der Waals surface area contributed by atoms with Crippen molar-refractivity contribution in [3.8, 4) is 0 Å². The molecule has 2 fully saturated rings. The Bertz CT molecular complexity index is 1310. The molecule has 13 nitrogen and oxygen atoms in total. The van der Waals surface area contributed by atoms with Crippen LogP contribution in [-0.4, -0.2) is 62.7 Å². The smallest absolute Gasteiger partial charge is 0.338 e. The van der Waals surface area contributed by atoms with E-state index in [-0.39, 0.29) is 41.1 Å². The number of hydrogen-bond donors (Lipinski definition) is 0. The highest BCUT2D eigenvalue weighted by Crippen LogP contribution is 2.43. The van der Waals surface area contributed by atoms with E-state index in [1.165, 1.54) is 48.2 Å². The molecule has 13 heteroatoms. The summed E-state index contributed by atoms with van der Waals surface area (Å²) in [6, 6.07) is 8.13. The van der Waals surface area contributed by atoms with Gasteiger partial charge in [0.25, 0.3) is 11.4 Å². The van der Waals surface area contributed by atoms with Gasteiger partial charge < -0.3 is 14.4 Å². The van der Waals surface area contributed by atoms with Gasteiger partial charge in [0.05, 0.1) is 33.1 Å². The van der Waals surface area contributed by atoms with Gasteiger partial charge in [-0.2, -0.15) is 0 Å². The van der Waals surface area contributed by atoms with E-state index in [0.29, 0.717) is 0 Å². The van der Waals surface area contributed by atoms with Crippen LogP contribution in [0.3, 0.4) is 0 Å². The van der Waals surface area contributed by atoms with Gasteiger partial charge in [-0.3, -0.25) is 29.8 Å². The zero-order valence-corrected chi connectivity index (χ0v) is 20.3. The number of ether oxygens (including phenoxy) is 2. The van der Waals surface area contributed by atoms with Crippen LogP contribution in [0.1, 0.15) is 47.4 Å². The first-order valence-electron chi connectivity index (χ1n) is 11.7. The Labute approximate surface area is 215 Å². The second-order valence-electron chi connectivity index (χ2n) is 9.18. The van der Waals surface area contributed by atoms with Gasteiger partial charge in [-0.25, -0.2) is 9.59 Å². The lowest BCUT2D eigenvalue weighted by Crippen LogP contribution is -2.47. The highest BCUT2D eigenvalue weighted by atomic mass is 16.6. The summed E-state index contributed by atoms with van der Waals surface area (Å²) in [4.78, 5) is 72.8. The second kappa shape index (κ2) is 10.4. The highest BCUT2D eigenvalue weighted by Gasteiger charge is 2.58. The van der Waals surface area contributed by atoms with Crippen LogP contribution in [0.2, 0.25) is 0 Å². The Kier molecular flexibility index (Phi) is 7.19. The van der Waals surface area contributed by atoms with E-state index in [0.717, 1.165) is 12.1 Å². The molecule has 2 aromatic carbocycles. The average Bonchev–Trinajstić information content (AvgIpc) is 3.05. The summed E-state index contributed by atoms with van der Waals surface area (Å²) in [6.07, 6.45) is -1.84. The maximum atomic E-state index is 12.9. The van der Waals surface area contributed by atoms with E-state index in [9.17, 15) is 39.4 Å². The number of esters is 2. The molecular formula is C25H23N3O10. The van der Waals surface area contributed by atoms with Gasteiger partial charge >= 0.3 is 11.9 Å². The molecule has 0 radical (unpaired) electrons. The highest BCUT2D eigenvalue weighted by molar-refractivity contribution is 5.91. The van der Waals surface area contributed by atoms with Crippen molar-refractivity contribution in [1.82, 2.24) is 4.90 Å². The fourth-order valence-corrected chi connectivity index (χ4v) is 5.22. The van der Waals surface area contributed by atoms with Gasteiger partial charge in [0, 0.05) is 49.9 Å². The fourth-order valence-electron chi connectivity index (χ4n) is 5.22. The molecule has 1 aliphatic carbocycles. The molecule has 38 heavy (non-hydrogen) atoms. The number of benzene rings is 2. The minimum atomic E-state index is -0.914. The molecule has 2 bridgehead atoms. The lowest BCUT2D eigenvalue weighted by Gasteiger charge is -2.32. The van der Waals surface area contributed by atoms with Gasteiger partial charge in [-0.05, 0) is 31.2 Å². The van der Waals surface area contributed by atoms with Crippen molar-refractivity contribution in [2.45, 2.75) is 51.0 Å². The Morgan fingerprint density at radius 2 is 1.39 bits per heavy atom. The van der Waals surface area contributed by atoms with Crippen molar-refractivity contribution >= 4 is 35.0 Å². The van der Waals surface area contributed by atoms with Crippen molar-refractivity contribution in [3.05, 3.63) is 79.9 Å². The molecule has 2 aromatic rings. The van der Waals surface area contributed by atoms with E-state index >= 15 is 0 Å². The topological polar surface area (TPSA) is 176 Å². The normalized spacial score (nSPS) is 22.9. The largest absolute Gasteiger partial charge is 0.457 e. The minimum absolute atomic E-state index is 0.0113. The molecule has 0 spiro atoms. The number of Topliss-reactive ketones (excluding diaryl/α,β-unsaturated/α-hetero) is 1. The standard InChI is InChI=1S/C25H23N3O10/c1-13(37-24(31)15-3-7-17(8-4-15)27(33)34)22-20-11-19(30)12-21(26(22)14(2)29)23(20)38-25(32)16-5-9-18(10-6-16)28(35)36/h3-10,13,20-23H,11-12H2,1-2H3/t13-,20?,21?,22-,23?/m0/s1. The Hall–Kier alpha value is -4.68. The van der Waals surface area contributed by atoms with Crippen molar-refractivity contribution in [3.63, 3.8) is 0 Å². The van der Waals surface area contributed by atoms with Crippen LogP contribution in [0, 0.1) is 26.1 Å². The van der Waals surface area contributed by atoms with Crippen LogP contribution < -0.4 is 0 Å². The quantitative estimate of drug-likeness (QED) is 0.297. The van der Waals surface area contributed by atoms with Crippen LogP contribution in [-0.2, 0) is 19.1 Å². The number of nitro groups is 2. The third-order valence-electron chi connectivity index (χ3n) is 6.83. The summed E-state index contributed by atoms with van der Waals surface area (Å²) in [7, 11) is 0. The van der Waals surface area contributed by atoms with Gasteiger partial charge in [0.1, 0.15) is 18.0 Å². The molecule has 1 saturated carbocycles. The summed E-state index contributed by atoms with van der Waals surface area (Å²) in [5.74, 6) is -2.74. The lowest BCUT2D eigenvalue weighted by atomic mass is 9.82. The first kappa shape index (κ1) is 26.4. The van der Waals surface area contributed by atoms with Crippen LogP contribution in [0.25, 0.3) is 0 Å². The Morgan fingerprint density at radius 3 is 1.87 bits per heavy atom. The number of non-ortho nitro benzene ring substituents is 2. The molecule has 2 aliphatic rings. The number of carbonyl (C=O) groups excluding carboxylic acids is 4. The predicted octanol–water partition coefficient (Wildman–Crippen LogP) is 2.85. The third kappa shape index (κ3) is 5.08. The van der Waals surface area contributed by atoms with E-state index in [1.807, 2.05) is 0 Å². The van der Waals surface area contributed by atoms with E-state index in [2.05, 4.69) is 0 Å². The van der Waals surface area contributed by atoms with Crippen LogP contribution in [0.4, 0.5) is 11.4 Å². The van der Waals surface area contributed by atoms with Crippen LogP contribution in [0.15, 0.2) is 48.5 Å². The predicted molar refractivity (Wildman–Crippen MR) is 128 cm³/mol. The van der Waals surface area contributed by atoms with Crippen molar-refractivity contribution < 1.29 is 38.5 Å². The van der Waals surface area contributed by atoms with Gasteiger partial charge in [0.2, 0.25) is 5.91 Å². The molecule has 1 aliphatic heterocycles. The molecule has 1 saturated heterocycles.